The summed E-state index contributed by atoms with van der Waals surface area (Å²) in [5, 5.41) is 1.52. The van der Waals surface area contributed by atoms with Crippen LogP contribution < -0.4 is 4.74 Å². The van der Waals surface area contributed by atoms with Crippen molar-refractivity contribution in [2.24, 2.45) is 0 Å². The third-order valence-electron chi connectivity index (χ3n) is 4.68. The molecule has 0 fully saturated rings. The van der Waals surface area contributed by atoms with E-state index >= 15 is 0 Å². The van der Waals surface area contributed by atoms with Gasteiger partial charge in [0.25, 0.3) is 0 Å². The number of hydrogen-bond acceptors (Lipinski definition) is 2. The molecule has 3 aromatic carbocycles. The SMILES string of the molecule is Fc1ccc2c(c1)c1cc(F)ccc1[s+]2-c1ccc(OCc2ccc(I)o2)cc1. The molecule has 0 spiro atoms. The Morgan fingerprint density at radius 3 is 1.97 bits per heavy atom. The first-order valence-corrected chi connectivity index (χ1v) is 11.2. The van der Waals surface area contributed by atoms with E-state index in [-0.39, 0.29) is 11.6 Å². The molecule has 5 rings (SSSR count). The van der Waals surface area contributed by atoms with Gasteiger partial charge in [0.05, 0.1) is 10.8 Å². The Hall–Kier alpha value is -2.45. The van der Waals surface area contributed by atoms with Crippen LogP contribution in [0.5, 0.6) is 5.75 Å². The Balaban J connectivity index is 1.54. The Morgan fingerprint density at radius 1 is 0.793 bits per heavy atom. The van der Waals surface area contributed by atoms with Crippen molar-refractivity contribution < 1.29 is 17.9 Å². The molecule has 0 amide bonds. The monoisotopic (exact) mass is 519 g/mol. The van der Waals surface area contributed by atoms with E-state index in [1.54, 1.807) is 12.1 Å². The zero-order chi connectivity index (χ0) is 20.0. The van der Waals surface area contributed by atoms with E-state index in [0.29, 0.717) is 6.61 Å². The molecule has 6 heteroatoms. The van der Waals surface area contributed by atoms with Crippen molar-refractivity contribution in [3.63, 3.8) is 0 Å². The molecule has 0 N–H and O–H groups in total. The van der Waals surface area contributed by atoms with Gasteiger partial charge in [0, 0.05) is 34.7 Å². The number of thiophene rings is 1. The first-order chi connectivity index (χ1) is 14.1. The molecule has 0 radical (unpaired) electrons. The maximum Gasteiger partial charge on any atom is 0.187 e. The second-order valence-electron chi connectivity index (χ2n) is 6.55. The summed E-state index contributed by atoms with van der Waals surface area (Å²) in [7, 11) is -0.410. The van der Waals surface area contributed by atoms with Crippen LogP contribution in [0, 0.1) is 15.4 Å². The van der Waals surface area contributed by atoms with E-state index in [4.69, 9.17) is 9.15 Å². The zero-order valence-electron chi connectivity index (χ0n) is 15.0. The summed E-state index contributed by atoms with van der Waals surface area (Å²) in [5.74, 6) is 0.867. The minimum Gasteiger partial charge on any atom is -0.486 e. The van der Waals surface area contributed by atoms with Crippen LogP contribution >= 0.6 is 33.1 Å². The Bertz CT molecular complexity index is 1280. The number of benzene rings is 3. The summed E-state index contributed by atoms with van der Waals surface area (Å²) >= 11 is 2.12. The van der Waals surface area contributed by atoms with Gasteiger partial charge in [0.1, 0.15) is 29.8 Å². The highest BCUT2D eigenvalue weighted by molar-refractivity contribution is 14.1. The predicted octanol–water partition coefficient (Wildman–Crippen LogP) is 7.79. The second kappa shape index (κ2) is 7.42. The third-order valence-corrected chi connectivity index (χ3v) is 7.60. The molecule has 0 bridgehead atoms. The molecule has 0 aliphatic carbocycles. The van der Waals surface area contributed by atoms with Crippen LogP contribution in [-0.4, -0.2) is 0 Å². The van der Waals surface area contributed by atoms with Gasteiger partial charge < -0.3 is 9.15 Å². The van der Waals surface area contributed by atoms with Gasteiger partial charge in [-0.3, -0.25) is 0 Å². The van der Waals surface area contributed by atoms with Gasteiger partial charge in [-0.15, -0.1) is 0 Å². The van der Waals surface area contributed by atoms with Gasteiger partial charge in [-0.05, 0) is 71.1 Å². The summed E-state index contributed by atoms with van der Waals surface area (Å²) in [6.45, 7) is 0.359. The molecule has 144 valence electrons. The highest BCUT2D eigenvalue weighted by Gasteiger charge is 2.24. The van der Waals surface area contributed by atoms with Crippen LogP contribution in [0.1, 0.15) is 5.76 Å². The molecule has 0 saturated heterocycles. The molecule has 2 aromatic heterocycles. The van der Waals surface area contributed by atoms with Gasteiger partial charge in [-0.2, -0.15) is 0 Å². The average molecular weight is 519 g/mol. The van der Waals surface area contributed by atoms with E-state index < -0.39 is 10.5 Å². The lowest BCUT2D eigenvalue weighted by atomic mass is 10.1. The van der Waals surface area contributed by atoms with Crippen molar-refractivity contribution in [3.8, 4) is 10.6 Å². The molecule has 2 heterocycles. The fraction of sp³-hybridized carbons (Fsp3) is 0.0435. The van der Waals surface area contributed by atoms with Crippen molar-refractivity contribution in [3.05, 3.63) is 94.0 Å². The smallest absolute Gasteiger partial charge is 0.187 e. The van der Waals surface area contributed by atoms with Crippen molar-refractivity contribution in [2.45, 2.75) is 6.61 Å². The molecule has 0 aliphatic rings. The standard InChI is InChI=1S/C23H14F2IO2S/c24-14-1-8-21-19(11-14)20-12-15(25)2-9-22(20)29(21)18-6-3-16(4-7-18)27-13-17-5-10-23(26)28-17/h1-12H,13H2/q+1. The highest BCUT2D eigenvalue weighted by Crippen LogP contribution is 2.48. The van der Waals surface area contributed by atoms with Gasteiger partial charge in [0.15, 0.2) is 18.1 Å². The number of fused-ring (bicyclic) bond motifs is 3. The molecule has 0 aliphatic heterocycles. The average Bonchev–Trinajstić information content (AvgIpc) is 3.27. The quantitative estimate of drug-likeness (QED) is 0.179. The van der Waals surface area contributed by atoms with Gasteiger partial charge in [0.2, 0.25) is 0 Å². The van der Waals surface area contributed by atoms with Crippen molar-refractivity contribution >= 4 is 53.2 Å². The Labute approximate surface area is 181 Å². The lowest BCUT2D eigenvalue weighted by Gasteiger charge is -2.03. The van der Waals surface area contributed by atoms with E-state index in [1.165, 1.54) is 24.3 Å². The molecule has 0 unspecified atom stereocenters. The van der Waals surface area contributed by atoms with Crippen LogP contribution in [0.4, 0.5) is 8.78 Å². The van der Waals surface area contributed by atoms with Crippen LogP contribution in [0.25, 0.3) is 25.1 Å². The number of ether oxygens (including phenoxy) is 1. The van der Waals surface area contributed by atoms with Crippen molar-refractivity contribution in [1.29, 1.82) is 0 Å². The third kappa shape index (κ3) is 3.51. The lowest BCUT2D eigenvalue weighted by Crippen LogP contribution is -1.93. The normalized spacial score (nSPS) is 11.4. The maximum atomic E-state index is 13.8. The summed E-state index contributed by atoms with van der Waals surface area (Å²) < 4.78 is 41.8. The highest BCUT2D eigenvalue weighted by atomic mass is 127. The molecule has 2 nitrogen and oxygen atoms in total. The van der Waals surface area contributed by atoms with E-state index in [1.807, 2.05) is 36.4 Å². The van der Waals surface area contributed by atoms with Gasteiger partial charge in [-0.25, -0.2) is 8.78 Å². The summed E-state index contributed by atoms with van der Waals surface area (Å²) in [6, 6.07) is 21.1. The molecular formula is C23H14F2IO2S+. The first-order valence-electron chi connectivity index (χ1n) is 8.89. The zero-order valence-corrected chi connectivity index (χ0v) is 18.0. The summed E-state index contributed by atoms with van der Waals surface area (Å²) in [4.78, 5) is 1.07. The fourth-order valence-corrected chi connectivity index (χ4v) is 6.21. The summed E-state index contributed by atoms with van der Waals surface area (Å²) in [6.07, 6.45) is 0. The second-order valence-corrected chi connectivity index (χ2v) is 9.58. The topological polar surface area (TPSA) is 22.4 Å². The number of hydrogen-bond donors (Lipinski definition) is 0. The number of halogens is 3. The molecule has 0 saturated carbocycles. The maximum absolute atomic E-state index is 13.8. The molecule has 29 heavy (non-hydrogen) atoms. The van der Waals surface area contributed by atoms with Gasteiger partial charge >= 0.3 is 0 Å². The lowest BCUT2D eigenvalue weighted by molar-refractivity contribution is 0.267. The van der Waals surface area contributed by atoms with E-state index in [2.05, 4.69) is 22.6 Å². The van der Waals surface area contributed by atoms with Crippen LogP contribution in [0.2, 0.25) is 0 Å². The van der Waals surface area contributed by atoms with Crippen molar-refractivity contribution in [2.75, 3.05) is 0 Å². The molecular weight excluding hydrogens is 505 g/mol. The first kappa shape index (κ1) is 18.6. The Kier molecular flexibility index (Phi) is 4.75. The number of furan rings is 1. The van der Waals surface area contributed by atoms with Crippen molar-refractivity contribution in [1.82, 2.24) is 0 Å². The minimum absolute atomic E-state index is 0.319. The number of rotatable bonds is 4. The van der Waals surface area contributed by atoms with Crippen LogP contribution in [0.15, 0.2) is 77.2 Å². The largest absolute Gasteiger partial charge is 0.486 e. The van der Waals surface area contributed by atoms with Crippen LogP contribution in [0.3, 0.4) is 0 Å². The van der Waals surface area contributed by atoms with Gasteiger partial charge in [-0.1, -0.05) is 0 Å². The van der Waals surface area contributed by atoms with E-state index in [0.717, 1.165) is 40.3 Å². The summed E-state index contributed by atoms with van der Waals surface area (Å²) in [5.41, 5.74) is 0. The van der Waals surface area contributed by atoms with E-state index in [9.17, 15) is 8.78 Å². The Morgan fingerprint density at radius 2 is 1.41 bits per heavy atom. The minimum atomic E-state index is -0.410. The van der Waals surface area contributed by atoms with Crippen LogP contribution in [-0.2, 0) is 6.61 Å². The molecule has 5 aromatic rings. The fourth-order valence-electron chi connectivity index (χ4n) is 3.41. The molecule has 0 atom stereocenters. The predicted molar refractivity (Wildman–Crippen MR) is 121 cm³/mol.